The van der Waals surface area contributed by atoms with Crippen LogP contribution in [0.25, 0.3) is 11.3 Å². The highest BCUT2D eigenvalue weighted by Crippen LogP contribution is 2.41. The van der Waals surface area contributed by atoms with Gasteiger partial charge in [-0.2, -0.15) is 0 Å². The van der Waals surface area contributed by atoms with Crippen molar-refractivity contribution in [2.75, 3.05) is 11.9 Å². The SMILES string of the molecule is O=C(CCN1C(=S)N[C@@H](c2ccccn2)[C@@H]1c1ccc(-c2ccccc2[N+](=O)[O-])o1)Nc1ccc(F)cc1. The van der Waals surface area contributed by atoms with Crippen LogP contribution in [-0.4, -0.2) is 32.4 Å². The Morgan fingerprint density at radius 2 is 1.87 bits per heavy atom. The zero-order chi connectivity index (χ0) is 26.6. The van der Waals surface area contributed by atoms with Crippen molar-refractivity contribution in [2.45, 2.75) is 18.5 Å². The van der Waals surface area contributed by atoms with Crippen LogP contribution in [0.1, 0.15) is 30.0 Å². The summed E-state index contributed by atoms with van der Waals surface area (Å²) in [5, 5.41) is 18.0. The molecule has 0 bridgehead atoms. The summed E-state index contributed by atoms with van der Waals surface area (Å²) in [6.07, 6.45) is 1.78. The number of furan rings is 1. The van der Waals surface area contributed by atoms with Crippen molar-refractivity contribution in [3.05, 3.63) is 112 Å². The highest BCUT2D eigenvalue weighted by atomic mass is 32.1. The lowest BCUT2D eigenvalue weighted by Gasteiger charge is -2.25. The molecule has 0 radical (unpaired) electrons. The molecule has 2 atom stereocenters. The lowest BCUT2D eigenvalue weighted by atomic mass is 10.0. The van der Waals surface area contributed by atoms with Crippen molar-refractivity contribution in [1.82, 2.24) is 15.2 Å². The normalized spacial score (nSPS) is 16.8. The number of benzene rings is 2. The quantitative estimate of drug-likeness (QED) is 0.177. The van der Waals surface area contributed by atoms with Gasteiger partial charge in [-0.05, 0) is 66.8 Å². The predicted molar refractivity (Wildman–Crippen MR) is 143 cm³/mol. The summed E-state index contributed by atoms with van der Waals surface area (Å²) in [6, 6.07) is 20.0. The van der Waals surface area contributed by atoms with E-state index in [4.69, 9.17) is 16.6 Å². The number of pyridine rings is 1. The second-order valence-corrected chi connectivity index (χ2v) is 8.99. The maximum Gasteiger partial charge on any atom is 0.280 e. The largest absolute Gasteiger partial charge is 0.459 e. The predicted octanol–water partition coefficient (Wildman–Crippen LogP) is 5.39. The van der Waals surface area contributed by atoms with E-state index in [-0.39, 0.29) is 30.6 Å². The number of nitrogens with one attached hydrogen (secondary N) is 2. The molecule has 4 aromatic rings. The van der Waals surface area contributed by atoms with Gasteiger partial charge in [0.25, 0.3) is 5.69 Å². The highest BCUT2D eigenvalue weighted by Gasteiger charge is 2.41. The molecule has 0 spiro atoms. The van der Waals surface area contributed by atoms with Crippen LogP contribution < -0.4 is 10.6 Å². The Morgan fingerprint density at radius 3 is 2.61 bits per heavy atom. The fourth-order valence-electron chi connectivity index (χ4n) is 4.43. The van der Waals surface area contributed by atoms with Crippen molar-refractivity contribution < 1.29 is 18.5 Å². The first kappa shape index (κ1) is 25.0. The molecule has 1 fully saturated rings. The molecule has 9 nitrogen and oxygen atoms in total. The Morgan fingerprint density at radius 1 is 1.11 bits per heavy atom. The molecular formula is C27H22FN5O4S. The minimum absolute atomic E-state index is 0.0657. The van der Waals surface area contributed by atoms with E-state index in [0.717, 1.165) is 5.69 Å². The van der Waals surface area contributed by atoms with Gasteiger partial charge >= 0.3 is 0 Å². The number of halogens is 1. The third-order valence-corrected chi connectivity index (χ3v) is 6.54. The van der Waals surface area contributed by atoms with Crippen molar-refractivity contribution in [3.63, 3.8) is 0 Å². The number of hydrogen-bond donors (Lipinski definition) is 2. The Labute approximate surface area is 222 Å². The van der Waals surface area contributed by atoms with E-state index in [1.807, 2.05) is 23.1 Å². The van der Waals surface area contributed by atoms with E-state index in [1.165, 1.54) is 30.3 Å². The van der Waals surface area contributed by atoms with Crippen LogP contribution in [0, 0.1) is 15.9 Å². The lowest BCUT2D eigenvalue weighted by molar-refractivity contribution is -0.384. The Bertz CT molecular complexity index is 1480. The molecule has 1 aliphatic rings. The van der Waals surface area contributed by atoms with Gasteiger partial charge in [0, 0.05) is 30.9 Å². The first-order valence-electron chi connectivity index (χ1n) is 11.8. The van der Waals surface area contributed by atoms with Gasteiger partial charge in [0.2, 0.25) is 5.91 Å². The number of thiocarbonyl (C=S) groups is 1. The summed E-state index contributed by atoms with van der Waals surface area (Å²) in [4.78, 5) is 30.1. The van der Waals surface area contributed by atoms with Crippen LogP contribution in [0.2, 0.25) is 0 Å². The van der Waals surface area contributed by atoms with Gasteiger partial charge in [0.05, 0.1) is 22.2 Å². The van der Waals surface area contributed by atoms with Crippen molar-refractivity contribution in [2.24, 2.45) is 0 Å². The average molecular weight is 532 g/mol. The van der Waals surface area contributed by atoms with Gasteiger partial charge in [-0.25, -0.2) is 4.39 Å². The molecule has 1 aliphatic heterocycles. The molecule has 0 saturated carbocycles. The van der Waals surface area contributed by atoms with Crippen LogP contribution in [-0.2, 0) is 4.79 Å². The third-order valence-electron chi connectivity index (χ3n) is 6.19. The van der Waals surface area contributed by atoms with Gasteiger partial charge in [-0.1, -0.05) is 18.2 Å². The molecule has 192 valence electrons. The molecule has 5 rings (SSSR count). The zero-order valence-electron chi connectivity index (χ0n) is 19.9. The minimum atomic E-state index is -0.465. The van der Waals surface area contributed by atoms with Crippen LogP contribution >= 0.6 is 12.2 Å². The van der Waals surface area contributed by atoms with Gasteiger partial charge in [0.15, 0.2) is 5.11 Å². The zero-order valence-corrected chi connectivity index (χ0v) is 20.7. The maximum atomic E-state index is 13.2. The van der Waals surface area contributed by atoms with Gasteiger partial charge in [-0.3, -0.25) is 19.9 Å². The molecule has 2 N–H and O–H groups in total. The van der Waals surface area contributed by atoms with Crippen LogP contribution in [0.3, 0.4) is 0 Å². The van der Waals surface area contributed by atoms with Gasteiger partial charge in [0.1, 0.15) is 23.4 Å². The average Bonchev–Trinajstić information content (AvgIpc) is 3.53. The van der Waals surface area contributed by atoms with Crippen molar-refractivity contribution in [1.29, 1.82) is 0 Å². The van der Waals surface area contributed by atoms with E-state index < -0.39 is 16.8 Å². The molecular weight excluding hydrogens is 509 g/mol. The molecule has 1 saturated heterocycles. The number of aromatic nitrogens is 1. The fraction of sp³-hybridized carbons (Fsp3) is 0.148. The summed E-state index contributed by atoms with van der Waals surface area (Å²) in [7, 11) is 0. The molecule has 0 aliphatic carbocycles. The molecule has 38 heavy (non-hydrogen) atoms. The first-order valence-corrected chi connectivity index (χ1v) is 12.2. The molecule has 11 heteroatoms. The molecule has 1 amide bonds. The maximum absolute atomic E-state index is 13.2. The summed E-state index contributed by atoms with van der Waals surface area (Å²) < 4.78 is 19.4. The Hall–Kier alpha value is -4.64. The second kappa shape index (κ2) is 10.8. The second-order valence-electron chi connectivity index (χ2n) is 8.60. The van der Waals surface area contributed by atoms with E-state index in [2.05, 4.69) is 15.6 Å². The van der Waals surface area contributed by atoms with Crippen LogP contribution in [0.4, 0.5) is 15.8 Å². The highest BCUT2D eigenvalue weighted by molar-refractivity contribution is 7.80. The number of rotatable bonds is 8. The first-order chi connectivity index (χ1) is 18.4. The number of nitro benzene ring substituents is 1. The van der Waals surface area contributed by atoms with E-state index in [0.29, 0.717) is 27.9 Å². The van der Waals surface area contributed by atoms with E-state index in [9.17, 15) is 19.3 Å². The summed E-state index contributed by atoms with van der Waals surface area (Å²) in [6.45, 7) is 0.258. The summed E-state index contributed by atoms with van der Waals surface area (Å²) >= 11 is 5.63. The number of carbonyl (C=O) groups is 1. The standard InChI is InChI=1S/C27H22FN5O4S/c28-17-8-10-18(11-9-17)30-24(34)14-16-32-26(25(31-27(32)38)20-6-3-4-15-29-20)23-13-12-22(37-23)19-5-1-2-7-21(19)33(35)36/h1-13,15,25-26H,14,16H2,(H,30,34)(H,31,38)/t25-,26-/m0/s1. The van der Waals surface area contributed by atoms with Crippen molar-refractivity contribution >= 4 is 34.6 Å². The van der Waals surface area contributed by atoms with Crippen LogP contribution in [0.5, 0.6) is 0 Å². The van der Waals surface area contributed by atoms with E-state index >= 15 is 0 Å². The number of amides is 1. The number of nitro groups is 1. The third kappa shape index (κ3) is 5.23. The molecule has 3 heterocycles. The number of nitrogens with zero attached hydrogens (tertiary/aromatic N) is 3. The smallest absolute Gasteiger partial charge is 0.280 e. The summed E-state index contributed by atoms with van der Waals surface area (Å²) in [5.74, 6) is 0.206. The van der Waals surface area contributed by atoms with Gasteiger partial charge in [-0.15, -0.1) is 0 Å². The van der Waals surface area contributed by atoms with Gasteiger partial charge < -0.3 is 20.0 Å². The number of carbonyl (C=O) groups excluding carboxylic acids is 1. The number of anilines is 1. The molecule has 2 aromatic heterocycles. The lowest BCUT2D eigenvalue weighted by Crippen LogP contribution is -2.32. The number of hydrogen-bond acceptors (Lipinski definition) is 6. The minimum Gasteiger partial charge on any atom is -0.459 e. The van der Waals surface area contributed by atoms with Crippen LogP contribution in [0.15, 0.2) is 89.5 Å². The summed E-state index contributed by atoms with van der Waals surface area (Å²) in [5.41, 5.74) is 1.50. The Kier molecular flexibility index (Phi) is 7.09. The topological polar surface area (TPSA) is 114 Å². The van der Waals surface area contributed by atoms with E-state index in [1.54, 1.807) is 36.5 Å². The number of para-hydroxylation sites is 1. The fourth-order valence-corrected chi connectivity index (χ4v) is 4.76. The Balaban J connectivity index is 1.42. The monoisotopic (exact) mass is 531 g/mol. The molecule has 0 unspecified atom stereocenters. The van der Waals surface area contributed by atoms with Crippen molar-refractivity contribution in [3.8, 4) is 11.3 Å². The molecule has 2 aromatic carbocycles.